The second kappa shape index (κ2) is 12.0. The van der Waals surface area contributed by atoms with Crippen molar-refractivity contribution >= 4 is 50.6 Å². The van der Waals surface area contributed by atoms with Gasteiger partial charge in [-0.1, -0.05) is 133 Å². The molecule has 0 saturated carbocycles. The van der Waals surface area contributed by atoms with Crippen LogP contribution in [0.2, 0.25) is 0 Å². The van der Waals surface area contributed by atoms with Crippen molar-refractivity contribution in [2.45, 2.75) is 0 Å². The molecule has 0 atom stereocenters. The summed E-state index contributed by atoms with van der Waals surface area (Å²) < 4.78 is 2.26. The first-order valence-electron chi connectivity index (χ1n) is 16.0. The first-order valence-corrected chi connectivity index (χ1v) is 18.0. The predicted molar refractivity (Wildman–Crippen MR) is 199 cm³/mol. The van der Waals surface area contributed by atoms with Crippen LogP contribution in [-0.2, 0) is 0 Å². The maximum atomic E-state index is 10.8. The molecule has 0 aliphatic carbocycles. The maximum absolute atomic E-state index is 10.8. The van der Waals surface area contributed by atoms with E-state index in [0.29, 0.717) is 11.1 Å². The molecule has 8 rings (SSSR count). The topological polar surface area (TPSA) is 52.5 Å². The Morgan fingerprint density at radius 2 is 1.02 bits per heavy atom. The van der Waals surface area contributed by atoms with Crippen LogP contribution in [0.3, 0.4) is 0 Å². The van der Waals surface area contributed by atoms with Gasteiger partial charge >= 0.3 is 0 Å². The lowest BCUT2D eigenvalue weighted by molar-refractivity contribution is 1.18. The highest BCUT2D eigenvalue weighted by Gasteiger charge is 2.44. The van der Waals surface area contributed by atoms with Crippen molar-refractivity contribution < 1.29 is 0 Å². The van der Waals surface area contributed by atoms with E-state index in [0.717, 1.165) is 43.8 Å². The number of nitriles is 2. The van der Waals surface area contributed by atoms with Gasteiger partial charge in [-0.05, 0) is 74.3 Å². The van der Waals surface area contributed by atoms with Crippen LogP contribution in [0, 0.1) is 22.7 Å². The van der Waals surface area contributed by atoms with E-state index >= 15 is 0 Å². The van der Waals surface area contributed by atoms with Crippen LogP contribution in [0.5, 0.6) is 0 Å². The standard InChI is InChI=1S/C44H29N3Si/c45-30-32-23-28-43-41(29-32)40-20-10-11-22-42(40)47(43)35-26-24-33(25-27-35)39-21-12-13-34(31-46)44(39)48(36-14-4-1-5-15-36,37-16-6-2-7-17-37)38-18-8-3-9-19-38/h1-29H. The predicted octanol–water partition coefficient (Wildman–Crippen LogP) is 7.57. The number of benzene rings is 7. The van der Waals surface area contributed by atoms with E-state index in [1.807, 2.05) is 36.4 Å². The fourth-order valence-electron chi connectivity index (χ4n) is 7.40. The lowest BCUT2D eigenvalue weighted by atomic mass is 10.0. The van der Waals surface area contributed by atoms with E-state index in [9.17, 15) is 10.5 Å². The fourth-order valence-corrected chi connectivity index (χ4v) is 12.5. The summed E-state index contributed by atoms with van der Waals surface area (Å²) in [6.07, 6.45) is 0. The van der Waals surface area contributed by atoms with Gasteiger partial charge in [0.1, 0.15) is 0 Å². The molecule has 7 aromatic carbocycles. The normalized spacial score (nSPS) is 11.3. The van der Waals surface area contributed by atoms with Crippen LogP contribution in [0.1, 0.15) is 11.1 Å². The molecule has 224 valence electrons. The van der Waals surface area contributed by atoms with Crippen LogP contribution >= 0.6 is 0 Å². The average Bonchev–Trinajstić information content (AvgIpc) is 3.50. The second-order valence-corrected chi connectivity index (χ2v) is 15.7. The van der Waals surface area contributed by atoms with Gasteiger partial charge in [-0.2, -0.15) is 10.5 Å². The molecule has 0 aliphatic rings. The molecule has 0 fully saturated rings. The zero-order valence-electron chi connectivity index (χ0n) is 26.1. The smallest absolute Gasteiger partial charge is 0.181 e. The largest absolute Gasteiger partial charge is 0.309 e. The van der Waals surface area contributed by atoms with Crippen LogP contribution in [0.25, 0.3) is 38.6 Å². The molecule has 3 nitrogen and oxygen atoms in total. The lowest BCUT2D eigenvalue weighted by Gasteiger charge is -2.36. The molecule has 0 unspecified atom stereocenters. The summed E-state index contributed by atoms with van der Waals surface area (Å²) in [5, 5.41) is 27.3. The van der Waals surface area contributed by atoms with E-state index < -0.39 is 8.07 Å². The summed E-state index contributed by atoms with van der Waals surface area (Å²) in [6, 6.07) is 66.2. The Morgan fingerprint density at radius 1 is 0.458 bits per heavy atom. The van der Waals surface area contributed by atoms with Crippen molar-refractivity contribution in [2.24, 2.45) is 0 Å². The molecule has 0 amide bonds. The summed E-state index contributed by atoms with van der Waals surface area (Å²) in [5.41, 5.74) is 6.63. The Labute approximate surface area is 280 Å². The number of hydrogen-bond acceptors (Lipinski definition) is 2. The van der Waals surface area contributed by atoms with Crippen molar-refractivity contribution in [1.29, 1.82) is 10.5 Å². The highest BCUT2D eigenvalue weighted by Crippen LogP contribution is 2.33. The monoisotopic (exact) mass is 627 g/mol. The zero-order valence-corrected chi connectivity index (χ0v) is 27.1. The molecule has 0 aliphatic heterocycles. The first kappa shape index (κ1) is 29.0. The van der Waals surface area contributed by atoms with Gasteiger partial charge in [0.05, 0.1) is 34.3 Å². The van der Waals surface area contributed by atoms with Crippen LogP contribution in [-0.4, -0.2) is 12.6 Å². The number of fused-ring (bicyclic) bond motifs is 3. The van der Waals surface area contributed by atoms with Gasteiger partial charge in [0.25, 0.3) is 0 Å². The first-order chi connectivity index (χ1) is 23.7. The van der Waals surface area contributed by atoms with E-state index in [1.165, 1.54) is 15.6 Å². The van der Waals surface area contributed by atoms with Gasteiger partial charge in [0, 0.05) is 16.5 Å². The van der Waals surface area contributed by atoms with Gasteiger partial charge in [-0.15, -0.1) is 0 Å². The van der Waals surface area contributed by atoms with Crippen molar-refractivity contribution in [3.8, 4) is 29.0 Å². The number of aromatic nitrogens is 1. The minimum absolute atomic E-state index is 0.647. The molecule has 48 heavy (non-hydrogen) atoms. The average molecular weight is 628 g/mol. The number of hydrogen-bond donors (Lipinski definition) is 0. The van der Waals surface area contributed by atoms with Crippen LogP contribution in [0.15, 0.2) is 176 Å². The van der Waals surface area contributed by atoms with E-state index in [1.54, 1.807) is 0 Å². The fraction of sp³-hybridized carbons (Fsp3) is 0. The Balaban J connectivity index is 1.39. The van der Waals surface area contributed by atoms with Crippen molar-refractivity contribution in [3.05, 3.63) is 187 Å². The van der Waals surface area contributed by atoms with Crippen LogP contribution in [0.4, 0.5) is 0 Å². The lowest BCUT2D eigenvalue weighted by Crippen LogP contribution is -2.75. The Kier molecular flexibility index (Phi) is 7.27. The third kappa shape index (κ3) is 4.55. The van der Waals surface area contributed by atoms with Gasteiger partial charge in [0.15, 0.2) is 8.07 Å². The summed E-state index contributed by atoms with van der Waals surface area (Å²) >= 11 is 0. The third-order valence-electron chi connectivity index (χ3n) is 9.42. The zero-order chi connectivity index (χ0) is 32.5. The Morgan fingerprint density at radius 3 is 1.60 bits per heavy atom. The van der Waals surface area contributed by atoms with Crippen LogP contribution < -0.4 is 20.7 Å². The molecule has 1 heterocycles. The minimum Gasteiger partial charge on any atom is -0.309 e. The molecule has 0 radical (unpaired) electrons. The molecule has 0 N–H and O–H groups in total. The summed E-state index contributed by atoms with van der Waals surface area (Å²) in [5.74, 6) is 0. The highest BCUT2D eigenvalue weighted by molar-refractivity contribution is 7.20. The second-order valence-electron chi connectivity index (χ2n) is 11.9. The van der Waals surface area contributed by atoms with Crippen molar-refractivity contribution in [1.82, 2.24) is 4.57 Å². The third-order valence-corrected chi connectivity index (χ3v) is 14.3. The molecular formula is C44H29N3Si. The molecule has 8 aromatic rings. The van der Waals surface area contributed by atoms with E-state index in [2.05, 4.69) is 156 Å². The number of nitrogens with zero attached hydrogens (tertiary/aromatic N) is 3. The Bertz CT molecular complexity index is 2410. The summed E-state index contributed by atoms with van der Waals surface area (Å²) in [4.78, 5) is 0. The molecule has 0 saturated heterocycles. The molecule has 0 bridgehead atoms. The maximum Gasteiger partial charge on any atom is 0.181 e. The summed E-state index contributed by atoms with van der Waals surface area (Å²) in [7, 11) is -3.00. The quantitative estimate of drug-likeness (QED) is 0.141. The van der Waals surface area contributed by atoms with Gasteiger partial charge < -0.3 is 4.57 Å². The summed E-state index contributed by atoms with van der Waals surface area (Å²) in [6.45, 7) is 0. The van der Waals surface area contributed by atoms with Crippen molar-refractivity contribution in [3.63, 3.8) is 0 Å². The highest BCUT2D eigenvalue weighted by atomic mass is 28.3. The van der Waals surface area contributed by atoms with E-state index in [-0.39, 0.29) is 0 Å². The number of para-hydroxylation sites is 1. The van der Waals surface area contributed by atoms with Gasteiger partial charge in [-0.3, -0.25) is 0 Å². The molecule has 0 spiro atoms. The van der Waals surface area contributed by atoms with Gasteiger partial charge in [-0.25, -0.2) is 0 Å². The SMILES string of the molecule is N#Cc1ccc2c(c1)c1ccccc1n2-c1ccc(-c2cccc(C#N)c2[Si](c2ccccc2)(c2ccccc2)c2ccccc2)cc1. The number of rotatable bonds is 6. The van der Waals surface area contributed by atoms with Gasteiger partial charge in [0.2, 0.25) is 0 Å². The van der Waals surface area contributed by atoms with Crippen molar-refractivity contribution in [2.75, 3.05) is 0 Å². The van der Waals surface area contributed by atoms with E-state index in [4.69, 9.17) is 0 Å². The molecule has 4 heteroatoms. The minimum atomic E-state index is -3.00. The molecule has 1 aromatic heterocycles. The molecular weight excluding hydrogens is 599 g/mol. The Hall–Kier alpha value is -6.46.